The monoisotopic (exact) mass is 282 g/mol. The van der Waals surface area contributed by atoms with Crippen molar-refractivity contribution in [1.82, 2.24) is 20.3 Å². The van der Waals surface area contributed by atoms with E-state index in [1.807, 2.05) is 10.9 Å². The van der Waals surface area contributed by atoms with Crippen LogP contribution in [0, 0.1) is 0 Å². The van der Waals surface area contributed by atoms with Gasteiger partial charge in [-0.1, -0.05) is 31.4 Å². The molecule has 0 aliphatic heterocycles. The van der Waals surface area contributed by atoms with Crippen molar-refractivity contribution in [2.24, 2.45) is 0 Å². The molecular weight excluding hydrogens is 252 g/mol. The van der Waals surface area contributed by atoms with Crippen molar-refractivity contribution >= 4 is 0 Å². The number of unbranched alkanes of at least 4 members (excludes halogenated alkanes) is 3. The van der Waals surface area contributed by atoms with Crippen molar-refractivity contribution < 1.29 is 4.74 Å². The normalized spacial score (nSPS) is 12.0. The first-order valence-corrected chi connectivity index (χ1v) is 7.73. The minimum Gasteiger partial charge on any atom is -0.380 e. The van der Waals surface area contributed by atoms with Crippen LogP contribution in [0.25, 0.3) is 0 Å². The predicted molar refractivity (Wildman–Crippen MR) is 81.6 cm³/mol. The molecule has 1 heterocycles. The summed E-state index contributed by atoms with van der Waals surface area (Å²) in [6.45, 7) is 11.7. The number of hydrogen-bond acceptors (Lipinski definition) is 4. The minimum atomic E-state index is 0.103. The summed E-state index contributed by atoms with van der Waals surface area (Å²) < 4.78 is 7.46. The molecule has 0 saturated heterocycles. The van der Waals surface area contributed by atoms with Gasteiger partial charge in [0.25, 0.3) is 0 Å². The number of nitrogens with zero attached hydrogens (tertiary/aromatic N) is 3. The number of hydrogen-bond donors (Lipinski definition) is 1. The molecule has 1 aromatic heterocycles. The van der Waals surface area contributed by atoms with Gasteiger partial charge in [-0.25, -0.2) is 4.68 Å². The summed E-state index contributed by atoms with van der Waals surface area (Å²) in [5, 5.41) is 11.7. The highest BCUT2D eigenvalue weighted by Crippen LogP contribution is 2.02. The Bertz CT molecular complexity index is 357. The second-order valence-corrected chi connectivity index (χ2v) is 6.25. The van der Waals surface area contributed by atoms with E-state index in [1.165, 1.54) is 19.3 Å². The van der Waals surface area contributed by atoms with Crippen molar-refractivity contribution in [1.29, 1.82) is 0 Å². The molecule has 0 aromatic carbocycles. The first kappa shape index (κ1) is 17.1. The Kier molecular flexibility index (Phi) is 7.77. The van der Waals surface area contributed by atoms with Gasteiger partial charge in [0.1, 0.15) is 0 Å². The molecule has 0 amide bonds. The summed E-state index contributed by atoms with van der Waals surface area (Å²) in [4.78, 5) is 0. The van der Waals surface area contributed by atoms with E-state index in [-0.39, 0.29) is 5.54 Å². The highest BCUT2D eigenvalue weighted by atomic mass is 16.5. The summed E-state index contributed by atoms with van der Waals surface area (Å²) in [7, 11) is 0. The molecule has 0 fully saturated rings. The van der Waals surface area contributed by atoms with Gasteiger partial charge in [0, 0.05) is 24.9 Å². The summed E-state index contributed by atoms with van der Waals surface area (Å²) in [6, 6.07) is 0. The van der Waals surface area contributed by atoms with E-state index in [4.69, 9.17) is 4.74 Å². The van der Waals surface area contributed by atoms with Crippen molar-refractivity contribution in [3.63, 3.8) is 0 Å². The van der Waals surface area contributed by atoms with Gasteiger partial charge in [-0.2, -0.15) is 0 Å². The molecule has 5 heteroatoms. The van der Waals surface area contributed by atoms with E-state index in [2.05, 4.69) is 43.3 Å². The summed E-state index contributed by atoms with van der Waals surface area (Å²) in [6.07, 6.45) is 6.98. The number of ether oxygens (including phenoxy) is 1. The fourth-order valence-corrected chi connectivity index (χ4v) is 1.78. The third kappa shape index (κ3) is 8.27. The summed E-state index contributed by atoms with van der Waals surface area (Å²) in [5.41, 5.74) is 1.08. The zero-order valence-electron chi connectivity index (χ0n) is 13.5. The SMILES string of the molecule is CCCCCCOCCn1cc(CNC(C)(C)C)nn1. The molecule has 0 unspecified atom stereocenters. The zero-order valence-corrected chi connectivity index (χ0v) is 13.5. The molecule has 1 aromatic rings. The van der Waals surface area contributed by atoms with Crippen LogP contribution in [0.15, 0.2) is 6.20 Å². The fraction of sp³-hybridized carbons (Fsp3) is 0.867. The van der Waals surface area contributed by atoms with Crippen molar-refractivity contribution in [2.75, 3.05) is 13.2 Å². The van der Waals surface area contributed by atoms with Crippen LogP contribution in [-0.4, -0.2) is 33.7 Å². The van der Waals surface area contributed by atoms with Crippen LogP contribution in [0.4, 0.5) is 0 Å². The van der Waals surface area contributed by atoms with Gasteiger partial charge in [-0.15, -0.1) is 5.10 Å². The van der Waals surface area contributed by atoms with E-state index in [0.717, 1.165) is 31.8 Å². The van der Waals surface area contributed by atoms with Gasteiger partial charge in [0.15, 0.2) is 0 Å². The van der Waals surface area contributed by atoms with Crippen molar-refractivity contribution in [2.45, 2.75) is 72.0 Å². The molecule has 0 aliphatic carbocycles. The van der Waals surface area contributed by atoms with Crippen LogP contribution in [-0.2, 0) is 17.8 Å². The summed E-state index contributed by atoms with van der Waals surface area (Å²) in [5.74, 6) is 0. The van der Waals surface area contributed by atoms with Crippen LogP contribution < -0.4 is 5.32 Å². The van der Waals surface area contributed by atoms with Crippen LogP contribution in [0.2, 0.25) is 0 Å². The molecule has 0 spiro atoms. The van der Waals surface area contributed by atoms with Gasteiger partial charge in [-0.05, 0) is 27.2 Å². The number of rotatable bonds is 10. The first-order valence-electron chi connectivity index (χ1n) is 7.73. The average Bonchev–Trinajstić information content (AvgIpc) is 2.82. The lowest BCUT2D eigenvalue weighted by Gasteiger charge is -2.19. The van der Waals surface area contributed by atoms with Gasteiger partial charge in [0.2, 0.25) is 0 Å². The Hall–Kier alpha value is -0.940. The maximum absolute atomic E-state index is 5.60. The van der Waals surface area contributed by atoms with Gasteiger partial charge < -0.3 is 10.1 Å². The van der Waals surface area contributed by atoms with Gasteiger partial charge in [-0.3, -0.25) is 0 Å². The Morgan fingerprint density at radius 1 is 1.20 bits per heavy atom. The minimum absolute atomic E-state index is 0.103. The number of nitrogens with one attached hydrogen (secondary N) is 1. The van der Waals surface area contributed by atoms with E-state index in [9.17, 15) is 0 Å². The molecule has 1 rings (SSSR count). The molecule has 1 N–H and O–H groups in total. The molecule has 5 nitrogen and oxygen atoms in total. The second kappa shape index (κ2) is 9.08. The summed E-state index contributed by atoms with van der Waals surface area (Å²) >= 11 is 0. The van der Waals surface area contributed by atoms with Crippen molar-refractivity contribution in [3.05, 3.63) is 11.9 Å². The Labute approximate surface area is 123 Å². The lowest BCUT2D eigenvalue weighted by molar-refractivity contribution is 0.119. The highest BCUT2D eigenvalue weighted by Gasteiger charge is 2.09. The topological polar surface area (TPSA) is 52.0 Å². The maximum Gasteiger partial charge on any atom is 0.0965 e. The van der Waals surface area contributed by atoms with Crippen LogP contribution in [0.1, 0.15) is 59.1 Å². The predicted octanol–water partition coefficient (Wildman–Crippen LogP) is 2.76. The Balaban J connectivity index is 2.11. The third-order valence-electron chi connectivity index (χ3n) is 2.99. The quantitative estimate of drug-likeness (QED) is 0.670. The van der Waals surface area contributed by atoms with Gasteiger partial charge in [0.05, 0.1) is 18.8 Å². The van der Waals surface area contributed by atoms with E-state index >= 15 is 0 Å². The molecule has 20 heavy (non-hydrogen) atoms. The Morgan fingerprint density at radius 2 is 2.00 bits per heavy atom. The zero-order chi connectivity index (χ0) is 14.8. The molecule has 116 valence electrons. The van der Waals surface area contributed by atoms with Crippen LogP contribution in [0.3, 0.4) is 0 Å². The lowest BCUT2D eigenvalue weighted by Crippen LogP contribution is -2.35. The molecule has 0 radical (unpaired) electrons. The smallest absolute Gasteiger partial charge is 0.0965 e. The highest BCUT2D eigenvalue weighted by molar-refractivity contribution is 4.92. The van der Waals surface area contributed by atoms with Crippen LogP contribution in [0.5, 0.6) is 0 Å². The molecule has 0 saturated carbocycles. The average molecular weight is 282 g/mol. The maximum atomic E-state index is 5.60. The second-order valence-electron chi connectivity index (χ2n) is 6.25. The standard InChI is InChI=1S/C15H30N4O/c1-5-6-7-8-10-20-11-9-19-13-14(17-18-19)12-16-15(2,3)4/h13,16H,5-12H2,1-4H3. The van der Waals surface area contributed by atoms with E-state index in [0.29, 0.717) is 6.61 Å². The molecule has 0 bridgehead atoms. The lowest BCUT2D eigenvalue weighted by atomic mass is 10.1. The number of aromatic nitrogens is 3. The van der Waals surface area contributed by atoms with Crippen LogP contribution >= 0.6 is 0 Å². The largest absolute Gasteiger partial charge is 0.380 e. The molecule has 0 aliphatic rings. The Morgan fingerprint density at radius 3 is 2.70 bits per heavy atom. The third-order valence-corrected chi connectivity index (χ3v) is 2.99. The molecular formula is C15H30N4O. The fourth-order valence-electron chi connectivity index (χ4n) is 1.78. The van der Waals surface area contributed by atoms with E-state index in [1.54, 1.807) is 0 Å². The van der Waals surface area contributed by atoms with E-state index < -0.39 is 0 Å². The first-order chi connectivity index (χ1) is 9.51. The molecule has 0 atom stereocenters. The van der Waals surface area contributed by atoms with Gasteiger partial charge >= 0.3 is 0 Å². The van der Waals surface area contributed by atoms with Crippen molar-refractivity contribution in [3.8, 4) is 0 Å².